The van der Waals surface area contributed by atoms with Crippen molar-refractivity contribution in [1.29, 1.82) is 0 Å². The highest BCUT2D eigenvalue weighted by atomic mass is 19.4. The van der Waals surface area contributed by atoms with Gasteiger partial charge in [-0.25, -0.2) is 14.6 Å². The van der Waals surface area contributed by atoms with E-state index in [2.05, 4.69) is 9.40 Å². The van der Waals surface area contributed by atoms with Crippen molar-refractivity contribution in [2.24, 2.45) is 0 Å². The van der Waals surface area contributed by atoms with Crippen LogP contribution in [0.2, 0.25) is 0 Å². The maximum absolute atomic E-state index is 11.9. The van der Waals surface area contributed by atoms with E-state index in [1.54, 1.807) is 0 Å². The summed E-state index contributed by atoms with van der Waals surface area (Å²) in [5.74, 6) is -5.68. The van der Waals surface area contributed by atoms with Crippen molar-refractivity contribution in [3.05, 3.63) is 17.3 Å². The SMILES string of the molecule is O=C(O)c1nc(CC(F)(F)F)oc1C(=O)O. The molecule has 0 aliphatic carbocycles. The first-order chi connectivity index (χ1) is 7.20. The van der Waals surface area contributed by atoms with Crippen LogP contribution >= 0.6 is 0 Å². The lowest BCUT2D eigenvalue weighted by Gasteiger charge is -2.00. The number of alkyl halides is 3. The van der Waals surface area contributed by atoms with E-state index in [-0.39, 0.29) is 0 Å². The number of hydrogen-bond acceptors (Lipinski definition) is 4. The third-order valence-corrected chi connectivity index (χ3v) is 1.42. The van der Waals surface area contributed by atoms with Gasteiger partial charge in [0.1, 0.15) is 6.42 Å². The van der Waals surface area contributed by atoms with Crippen LogP contribution in [-0.4, -0.2) is 33.3 Å². The van der Waals surface area contributed by atoms with Gasteiger partial charge < -0.3 is 14.6 Å². The monoisotopic (exact) mass is 239 g/mol. The Morgan fingerprint density at radius 1 is 1.25 bits per heavy atom. The fourth-order valence-corrected chi connectivity index (χ4v) is 0.901. The topological polar surface area (TPSA) is 101 Å². The van der Waals surface area contributed by atoms with Crippen LogP contribution in [0.15, 0.2) is 4.42 Å². The molecule has 0 radical (unpaired) electrons. The van der Waals surface area contributed by atoms with E-state index in [9.17, 15) is 22.8 Å². The van der Waals surface area contributed by atoms with Crippen molar-refractivity contribution in [2.45, 2.75) is 12.6 Å². The lowest BCUT2D eigenvalue weighted by atomic mass is 10.3. The Hall–Kier alpha value is -2.06. The fraction of sp³-hybridized carbons (Fsp3) is 0.286. The van der Waals surface area contributed by atoms with E-state index in [0.29, 0.717) is 0 Å². The van der Waals surface area contributed by atoms with Gasteiger partial charge in [-0.1, -0.05) is 0 Å². The highest BCUT2D eigenvalue weighted by molar-refractivity contribution is 5.98. The Bertz CT molecular complexity index is 404. The summed E-state index contributed by atoms with van der Waals surface area (Å²) in [5, 5.41) is 16.9. The summed E-state index contributed by atoms with van der Waals surface area (Å²) in [7, 11) is 0. The quantitative estimate of drug-likeness (QED) is 0.821. The Morgan fingerprint density at radius 3 is 2.12 bits per heavy atom. The molecule has 1 rings (SSSR count). The normalized spacial score (nSPS) is 11.4. The maximum Gasteiger partial charge on any atom is 0.397 e. The number of hydrogen-bond donors (Lipinski definition) is 2. The van der Waals surface area contributed by atoms with Crippen molar-refractivity contribution in [1.82, 2.24) is 4.98 Å². The molecule has 0 bridgehead atoms. The molecule has 0 saturated heterocycles. The first-order valence-electron chi connectivity index (χ1n) is 3.73. The van der Waals surface area contributed by atoms with E-state index < -0.39 is 41.9 Å². The summed E-state index contributed by atoms with van der Waals surface area (Å²) in [5.41, 5.74) is -1.05. The molecule has 16 heavy (non-hydrogen) atoms. The molecular formula is C7H4F3NO5. The van der Waals surface area contributed by atoms with E-state index in [0.717, 1.165) is 0 Å². The predicted molar refractivity (Wildman–Crippen MR) is 40.2 cm³/mol. The van der Waals surface area contributed by atoms with Crippen LogP contribution in [0.4, 0.5) is 13.2 Å². The number of carbonyl (C=O) groups is 2. The van der Waals surface area contributed by atoms with Gasteiger partial charge in [0.2, 0.25) is 17.3 Å². The minimum atomic E-state index is -4.66. The van der Waals surface area contributed by atoms with E-state index >= 15 is 0 Å². The molecule has 2 N–H and O–H groups in total. The fourth-order valence-electron chi connectivity index (χ4n) is 0.901. The Labute approximate surface area is 85.3 Å². The molecule has 88 valence electrons. The van der Waals surface area contributed by atoms with Crippen molar-refractivity contribution in [3.63, 3.8) is 0 Å². The summed E-state index contributed by atoms with van der Waals surface area (Å²) in [4.78, 5) is 23.8. The van der Waals surface area contributed by atoms with Gasteiger partial charge in [-0.2, -0.15) is 13.2 Å². The largest absolute Gasteiger partial charge is 0.476 e. The predicted octanol–water partition coefficient (Wildman–Crippen LogP) is 1.18. The summed E-state index contributed by atoms with van der Waals surface area (Å²) in [6.07, 6.45) is -6.28. The van der Waals surface area contributed by atoms with Crippen LogP contribution in [0.25, 0.3) is 0 Å². The number of aromatic nitrogens is 1. The smallest absolute Gasteiger partial charge is 0.397 e. The second kappa shape index (κ2) is 3.83. The molecule has 1 aromatic rings. The molecule has 0 atom stereocenters. The second-order valence-corrected chi connectivity index (χ2v) is 2.69. The number of nitrogens with zero attached hydrogens (tertiary/aromatic N) is 1. The summed E-state index contributed by atoms with van der Waals surface area (Å²) >= 11 is 0. The van der Waals surface area contributed by atoms with Gasteiger partial charge in [-0.15, -0.1) is 0 Å². The first-order valence-corrected chi connectivity index (χ1v) is 3.73. The average Bonchev–Trinajstić information content (AvgIpc) is 2.44. The maximum atomic E-state index is 11.9. The van der Waals surface area contributed by atoms with Crippen LogP contribution in [-0.2, 0) is 6.42 Å². The average molecular weight is 239 g/mol. The summed E-state index contributed by atoms with van der Waals surface area (Å²) in [6.45, 7) is 0. The minimum Gasteiger partial charge on any atom is -0.476 e. The van der Waals surface area contributed by atoms with Crippen molar-refractivity contribution in [3.8, 4) is 0 Å². The van der Waals surface area contributed by atoms with Gasteiger partial charge in [-0.3, -0.25) is 0 Å². The lowest BCUT2D eigenvalue weighted by molar-refractivity contribution is -0.130. The first kappa shape index (κ1) is 12.0. The number of oxazole rings is 1. The summed E-state index contributed by atoms with van der Waals surface area (Å²) in [6, 6.07) is 0. The standard InChI is InChI=1S/C7H4F3NO5/c8-7(9,10)1-2-11-3(5(12)13)4(16-2)6(14)15/h1H2,(H,12,13)(H,14,15). The Kier molecular flexibility index (Phi) is 2.88. The Balaban J connectivity index is 3.12. The molecule has 9 heteroatoms. The highest BCUT2D eigenvalue weighted by Gasteiger charge is 2.33. The van der Waals surface area contributed by atoms with Crippen LogP contribution in [0, 0.1) is 0 Å². The number of aromatic carboxylic acids is 2. The molecule has 0 unspecified atom stereocenters. The Morgan fingerprint density at radius 2 is 1.81 bits per heavy atom. The lowest BCUT2D eigenvalue weighted by Crippen LogP contribution is -2.12. The van der Waals surface area contributed by atoms with E-state index in [1.807, 2.05) is 0 Å². The van der Waals surface area contributed by atoms with Gasteiger partial charge in [0.25, 0.3) is 0 Å². The van der Waals surface area contributed by atoms with Gasteiger partial charge in [0.05, 0.1) is 0 Å². The number of halogens is 3. The van der Waals surface area contributed by atoms with Crippen LogP contribution in [0.3, 0.4) is 0 Å². The number of rotatable bonds is 3. The molecule has 0 saturated carbocycles. The van der Waals surface area contributed by atoms with Gasteiger partial charge in [0.15, 0.2) is 0 Å². The van der Waals surface area contributed by atoms with Gasteiger partial charge >= 0.3 is 18.1 Å². The van der Waals surface area contributed by atoms with Crippen molar-refractivity contribution in [2.75, 3.05) is 0 Å². The van der Waals surface area contributed by atoms with Gasteiger partial charge in [0, 0.05) is 0 Å². The third-order valence-electron chi connectivity index (χ3n) is 1.42. The summed E-state index contributed by atoms with van der Waals surface area (Å²) < 4.78 is 39.9. The zero-order valence-electron chi connectivity index (χ0n) is 7.41. The minimum absolute atomic E-state index is 0.998. The third kappa shape index (κ3) is 2.72. The van der Waals surface area contributed by atoms with Crippen LogP contribution < -0.4 is 0 Å². The molecule has 1 heterocycles. The molecule has 6 nitrogen and oxygen atoms in total. The van der Waals surface area contributed by atoms with Crippen molar-refractivity contribution < 1.29 is 37.4 Å². The van der Waals surface area contributed by atoms with E-state index in [4.69, 9.17) is 10.2 Å². The molecule has 0 spiro atoms. The zero-order valence-corrected chi connectivity index (χ0v) is 7.41. The molecule has 0 amide bonds. The molecule has 0 aliphatic heterocycles. The highest BCUT2D eigenvalue weighted by Crippen LogP contribution is 2.22. The number of carboxylic acids is 2. The van der Waals surface area contributed by atoms with Crippen LogP contribution in [0.1, 0.15) is 26.9 Å². The molecule has 0 aromatic carbocycles. The van der Waals surface area contributed by atoms with Crippen molar-refractivity contribution >= 4 is 11.9 Å². The van der Waals surface area contributed by atoms with Crippen LogP contribution in [0.5, 0.6) is 0 Å². The molecule has 1 aromatic heterocycles. The zero-order chi connectivity index (χ0) is 12.5. The van der Waals surface area contributed by atoms with E-state index in [1.165, 1.54) is 0 Å². The number of carboxylic acid groups (broad SMARTS) is 2. The molecular weight excluding hydrogens is 235 g/mol. The van der Waals surface area contributed by atoms with Gasteiger partial charge in [-0.05, 0) is 0 Å². The second-order valence-electron chi connectivity index (χ2n) is 2.69. The molecule has 0 fully saturated rings. The molecule has 0 aliphatic rings.